The van der Waals surface area contributed by atoms with Crippen LogP contribution in [-0.2, 0) is 10.5 Å². The predicted molar refractivity (Wildman–Crippen MR) is 115 cm³/mol. The summed E-state index contributed by atoms with van der Waals surface area (Å²) in [6.07, 6.45) is 0.0867. The molecule has 0 radical (unpaired) electrons. The molecule has 2 N–H and O–H groups in total. The van der Waals surface area contributed by atoms with Gasteiger partial charge in [0.2, 0.25) is 5.91 Å². The van der Waals surface area contributed by atoms with E-state index in [-0.39, 0.29) is 29.5 Å². The summed E-state index contributed by atoms with van der Waals surface area (Å²) in [6.45, 7) is 0. The maximum Gasteiger partial charge on any atom is 0.257 e. The van der Waals surface area contributed by atoms with Crippen molar-refractivity contribution in [2.24, 2.45) is 0 Å². The molecular formula is C22H20FN3O4S. The summed E-state index contributed by atoms with van der Waals surface area (Å²) in [5, 5.41) is 3.07. The Balaban J connectivity index is 1.69. The third-order valence-corrected chi connectivity index (χ3v) is 5.97. The minimum absolute atomic E-state index is 0.0867. The Morgan fingerprint density at radius 3 is 2.61 bits per heavy atom. The van der Waals surface area contributed by atoms with Crippen LogP contribution in [0.4, 0.5) is 10.2 Å². The van der Waals surface area contributed by atoms with E-state index in [1.807, 2.05) is 6.07 Å². The molecule has 2 aromatic carbocycles. The predicted octanol–water partition coefficient (Wildman–Crippen LogP) is 3.69. The highest BCUT2D eigenvalue weighted by Gasteiger charge is 2.33. The lowest BCUT2D eigenvalue weighted by Gasteiger charge is -2.26. The zero-order valence-corrected chi connectivity index (χ0v) is 17.7. The zero-order chi connectivity index (χ0) is 22.0. The number of amides is 1. The molecule has 0 spiro atoms. The molecule has 31 heavy (non-hydrogen) atoms. The van der Waals surface area contributed by atoms with E-state index in [1.54, 1.807) is 24.3 Å². The van der Waals surface area contributed by atoms with Gasteiger partial charge in [0.25, 0.3) is 5.56 Å². The summed E-state index contributed by atoms with van der Waals surface area (Å²) >= 11 is 1.29. The number of aromatic amines is 1. The fourth-order valence-corrected chi connectivity index (χ4v) is 4.42. The van der Waals surface area contributed by atoms with Crippen LogP contribution < -0.4 is 20.3 Å². The van der Waals surface area contributed by atoms with Gasteiger partial charge in [-0.25, -0.2) is 9.37 Å². The largest absolute Gasteiger partial charge is 0.493 e. The third-order valence-electron chi connectivity index (χ3n) is 5.03. The van der Waals surface area contributed by atoms with Crippen LogP contribution in [0.3, 0.4) is 0 Å². The Morgan fingerprint density at radius 1 is 1.13 bits per heavy atom. The second-order valence-electron chi connectivity index (χ2n) is 6.94. The molecule has 0 unspecified atom stereocenters. The van der Waals surface area contributed by atoms with Gasteiger partial charge < -0.3 is 19.8 Å². The molecule has 0 bridgehead atoms. The smallest absolute Gasteiger partial charge is 0.257 e. The molecule has 0 fully saturated rings. The van der Waals surface area contributed by atoms with E-state index in [9.17, 15) is 14.0 Å². The number of halogens is 1. The number of nitrogens with one attached hydrogen (secondary N) is 2. The van der Waals surface area contributed by atoms with Crippen molar-refractivity contribution in [2.75, 3.05) is 19.5 Å². The second-order valence-corrected chi connectivity index (χ2v) is 7.90. The molecule has 160 valence electrons. The van der Waals surface area contributed by atoms with Crippen molar-refractivity contribution in [3.05, 3.63) is 75.3 Å². The lowest BCUT2D eigenvalue weighted by Crippen LogP contribution is -2.31. The van der Waals surface area contributed by atoms with Gasteiger partial charge in [0.05, 0.1) is 19.8 Å². The molecule has 1 atom stereocenters. The van der Waals surface area contributed by atoms with Crippen LogP contribution >= 0.6 is 11.8 Å². The molecule has 0 saturated heterocycles. The highest BCUT2D eigenvalue weighted by molar-refractivity contribution is 7.98. The number of carbonyl (C=O) groups is 1. The number of hydrogen-bond donors (Lipinski definition) is 2. The average Bonchev–Trinajstić information content (AvgIpc) is 2.77. The number of hydrogen-bond acceptors (Lipinski definition) is 6. The molecule has 0 aliphatic carbocycles. The van der Waals surface area contributed by atoms with Gasteiger partial charge in [-0.1, -0.05) is 36.0 Å². The number of fused-ring (bicyclic) bond motifs is 1. The fourth-order valence-electron chi connectivity index (χ4n) is 3.60. The van der Waals surface area contributed by atoms with E-state index in [4.69, 9.17) is 9.47 Å². The van der Waals surface area contributed by atoms with Gasteiger partial charge in [-0.15, -0.1) is 0 Å². The van der Waals surface area contributed by atoms with Gasteiger partial charge in [0, 0.05) is 23.7 Å². The standard InChI is InChI=1S/C22H20FN3O4S/c1-29-16-5-3-4-14(19(16)30-2)15-10-17(27)24-20-18(15)21(28)26-22(25-20)31-11-12-6-8-13(23)9-7-12/h3-9,15H,10-11H2,1-2H3,(H2,24,25,26,27,28)/t15-/m0/s1. The van der Waals surface area contributed by atoms with Crippen molar-refractivity contribution in [1.29, 1.82) is 0 Å². The molecule has 0 saturated carbocycles. The van der Waals surface area contributed by atoms with Gasteiger partial charge in [-0.2, -0.15) is 0 Å². The van der Waals surface area contributed by atoms with Gasteiger partial charge in [0.15, 0.2) is 16.7 Å². The first kappa shape index (κ1) is 20.9. The lowest BCUT2D eigenvalue weighted by atomic mass is 9.86. The summed E-state index contributed by atoms with van der Waals surface area (Å²) < 4.78 is 24.0. The van der Waals surface area contributed by atoms with Gasteiger partial charge >= 0.3 is 0 Å². The van der Waals surface area contributed by atoms with Crippen LogP contribution in [-0.4, -0.2) is 30.1 Å². The molecular weight excluding hydrogens is 421 g/mol. The molecule has 1 aliphatic heterocycles. The van der Waals surface area contributed by atoms with Crippen molar-refractivity contribution in [3.63, 3.8) is 0 Å². The molecule has 9 heteroatoms. The van der Waals surface area contributed by atoms with Crippen LogP contribution in [0.5, 0.6) is 11.5 Å². The number of benzene rings is 2. The number of methoxy groups -OCH3 is 2. The number of carbonyl (C=O) groups excluding carboxylic acids is 1. The number of para-hydroxylation sites is 1. The van der Waals surface area contributed by atoms with Crippen LogP contribution in [0.1, 0.15) is 29.0 Å². The first-order valence-corrected chi connectivity index (χ1v) is 10.5. The van der Waals surface area contributed by atoms with Gasteiger partial charge in [0.1, 0.15) is 11.6 Å². The molecule has 4 rings (SSSR count). The highest BCUT2D eigenvalue weighted by atomic mass is 32.2. The zero-order valence-electron chi connectivity index (χ0n) is 16.9. The topological polar surface area (TPSA) is 93.3 Å². The number of rotatable bonds is 6. The van der Waals surface area contributed by atoms with E-state index in [0.29, 0.717) is 33.5 Å². The molecule has 1 amide bonds. The van der Waals surface area contributed by atoms with E-state index < -0.39 is 5.92 Å². The monoisotopic (exact) mass is 441 g/mol. The minimum Gasteiger partial charge on any atom is -0.493 e. The Bertz CT molecular complexity index is 1180. The van der Waals surface area contributed by atoms with Crippen molar-refractivity contribution in [1.82, 2.24) is 9.97 Å². The van der Waals surface area contributed by atoms with Crippen LogP contribution in [0.2, 0.25) is 0 Å². The molecule has 1 aromatic heterocycles. The van der Waals surface area contributed by atoms with Crippen molar-refractivity contribution >= 4 is 23.5 Å². The summed E-state index contributed by atoms with van der Waals surface area (Å²) in [6, 6.07) is 11.5. The maximum absolute atomic E-state index is 13.1. The number of H-pyrrole nitrogens is 1. The van der Waals surface area contributed by atoms with E-state index >= 15 is 0 Å². The summed E-state index contributed by atoms with van der Waals surface area (Å²) in [4.78, 5) is 32.7. The Hall–Kier alpha value is -3.33. The number of ether oxygens (including phenoxy) is 2. The van der Waals surface area contributed by atoms with Crippen LogP contribution in [0, 0.1) is 5.82 Å². The van der Waals surface area contributed by atoms with E-state index in [2.05, 4.69) is 15.3 Å². The number of nitrogens with zero attached hydrogens (tertiary/aromatic N) is 1. The molecule has 1 aliphatic rings. The van der Waals surface area contributed by atoms with Crippen molar-refractivity contribution < 1.29 is 18.7 Å². The molecule has 3 aromatic rings. The third kappa shape index (κ3) is 4.27. The number of anilines is 1. The molecule has 2 heterocycles. The Morgan fingerprint density at radius 2 is 1.90 bits per heavy atom. The van der Waals surface area contributed by atoms with Crippen LogP contribution in [0.15, 0.2) is 52.4 Å². The summed E-state index contributed by atoms with van der Waals surface area (Å²) in [7, 11) is 3.05. The Labute approximate surface area is 182 Å². The van der Waals surface area contributed by atoms with E-state index in [0.717, 1.165) is 5.56 Å². The van der Waals surface area contributed by atoms with Crippen LogP contribution in [0.25, 0.3) is 0 Å². The SMILES string of the molecule is COc1cccc([C@@H]2CC(=O)Nc3nc(SCc4ccc(F)cc4)[nH]c(=O)c32)c1OC. The summed E-state index contributed by atoms with van der Waals surface area (Å²) in [5.74, 6) is 0.639. The van der Waals surface area contributed by atoms with Crippen molar-refractivity contribution in [2.45, 2.75) is 23.2 Å². The molecule has 7 nitrogen and oxygen atoms in total. The van der Waals surface area contributed by atoms with Gasteiger partial charge in [-0.05, 0) is 23.8 Å². The fraction of sp³-hybridized carbons (Fsp3) is 0.227. The first-order chi connectivity index (χ1) is 15.0. The Kier molecular flexibility index (Phi) is 5.94. The van der Waals surface area contributed by atoms with Crippen molar-refractivity contribution in [3.8, 4) is 11.5 Å². The first-order valence-electron chi connectivity index (χ1n) is 9.52. The number of aromatic nitrogens is 2. The van der Waals surface area contributed by atoms with Gasteiger partial charge in [-0.3, -0.25) is 9.59 Å². The summed E-state index contributed by atoms with van der Waals surface area (Å²) in [5.41, 5.74) is 1.60. The highest BCUT2D eigenvalue weighted by Crippen LogP contribution is 2.42. The normalized spacial score (nSPS) is 15.2. The second kappa shape index (κ2) is 8.81. The number of thioether (sulfide) groups is 1. The maximum atomic E-state index is 13.1. The quantitative estimate of drug-likeness (QED) is 0.448. The minimum atomic E-state index is -0.527. The lowest BCUT2D eigenvalue weighted by molar-refractivity contribution is -0.116. The van der Waals surface area contributed by atoms with E-state index in [1.165, 1.54) is 38.1 Å². The average molecular weight is 441 g/mol.